The minimum atomic E-state index is -5.09. The largest absolute Gasteiger partial charge is 0.491 e. The van der Waals surface area contributed by atoms with E-state index in [9.17, 15) is 36.6 Å². The number of halogens is 7. The number of amides is 2. The molecule has 7 nitrogen and oxygen atoms in total. The first kappa shape index (κ1) is 30.9. The summed E-state index contributed by atoms with van der Waals surface area (Å²) in [4.78, 5) is 26.4. The van der Waals surface area contributed by atoms with Gasteiger partial charge in [0.15, 0.2) is 0 Å². The van der Waals surface area contributed by atoms with Crippen LogP contribution in [0.3, 0.4) is 0 Å². The molecule has 0 saturated heterocycles. The molecule has 2 aromatic carbocycles. The topological polar surface area (TPSA) is 99.1 Å². The van der Waals surface area contributed by atoms with Crippen LogP contribution in [0, 0.1) is 5.82 Å². The minimum absolute atomic E-state index is 0.374. The molecule has 2 atom stereocenters. The van der Waals surface area contributed by atoms with Crippen LogP contribution >= 0.6 is 0 Å². The molecule has 0 unspecified atom stereocenters. The number of aliphatic hydroxyl groups is 2. The van der Waals surface area contributed by atoms with Gasteiger partial charge in [-0.15, -0.1) is 0 Å². The molecule has 0 fully saturated rings. The number of nitrogens with zero attached hydrogens (tertiary/aromatic N) is 1. The fourth-order valence-corrected chi connectivity index (χ4v) is 3.91. The van der Waals surface area contributed by atoms with E-state index in [1.807, 2.05) is 0 Å². The number of carbonyl (C=O) groups is 2. The SMILES string of the molecule is C[C@H](F)COc1ccc(C(=O)N2CCC(F)(F)C(=CC(=O)NC[C@@H](O)CO)c3cc(F)ccc32)c(C(F)(F)F)c1. The molecule has 0 aromatic heterocycles. The summed E-state index contributed by atoms with van der Waals surface area (Å²) in [7, 11) is 0. The zero-order valence-corrected chi connectivity index (χ0v) is 20.9. The lowest BCUT2D eigenvalue weighted by Crippen LogP contribution is -2.34. The summed E-state index contributed by atoms with van der Waals surface area (Å²) in [5.74, 6) is -7.70. The van der Waals surface area contributed by atoms with E-state index in [1.165, 1.54) is 0 Å². The van der Waals surface area contributed by atoms with E-state index in [0.29, 0.717) is 23.1 Å². The van der Waals surface area contributed by atoms with Crippen molar-refractivity contribution in [3.05, 3.63) is 65.0 Å². The number of hydrogen-bond acceptors (Lipinski definition) is 5. The summed E-state index contributed by atoms with van der Waals surface area (Å²) < 4.78 is 105. The molecule has 2 aromatic rings. The molecule has 3 N–H and O–H groups in total. The van der Waals surface area contributed by atoms with E-state index in [-0.39, 0.29) is 11.4 Å². The van der Waals surface area contributed by atoms with Gasteiger partial charge in [0.2, 0.25) is 5.91 Å². The number of hydrogen-bond donors (Lipinski definition) is 3. The van der Waals surface area contributed by atoms with Crippen LogP contribution in [-0.4, -0.2) is 66.5 Å². The zero-order valence-electron chi connectivity index (χ0n) is 20.9. The van der Waals surface area contributed by atoms with Gasteiger partial charge in [0, 0.05) is 36.7 Å². The Morgan fingerprint density at radius 3 is 2.52 bits per heavy atom. The molecule has 1 aliphatic heterocycles. The zero-order chi connectivity index (χ0) is 29.8. The van der Waals surface area contributed by atoms with Crippen molar-refractivity contribution in [3.63, 3.8) is 0 Å². The molecule has 0 bridgehead atoms. The molecule has 40 heavy (non-hydrogen) atoms. The summed E-state index contributed by atoms with van der Waals surface area (Å²) >= 11 is 0. The maximum absolute atomic E-state index is 15.3. The van der Waals surface area contributed by atoms with E-state index < -0.39 is 97.0 Å². The Bertz CT molecular complexity index is 1280. The molecule has 0 radical (unpaired) electrons. The van der Waals surface area contributed by atoms with Crippen molar-refractivity contribution in [2.45, 2.75) is 37.7 Å². The van der Waals surface area contributed by atoms with Gasteiger partial charge in [0.05, 0.1) is 29.5 Å². The maximum atomic E-state index is 15.3. The third kappa shape index (κ3) is 7.30. The molecular weight excluding hydrogens is 553 g/mol. The van der Waals surface area contributed by atoms with Crippen LogP contribution in [0.4, 0.5) is 36.4 Å². The molecule has 0 saturated carbocycles. The lowest BCUT2D eigenvalue weighted by molar-refractivity contribution is -0.138. The van der Waals surface area contributed by atoms with Gasteiger partial charge in [-0.05, 0) is 43.3 Å². The summed E-state index contributed by atoms with van der Waals surface area (Å²) in [6.45, 7) is -1.44. The number of carbonyl (C=O) groups excluding carboxylic acids is 2. The molecule has 0 aliphatic carbocycles. The molecule has 1 aliphatic rings. The van der Waals surface area contributed by atoms with Gasteiger partial charge >= 0.3 is 6.18 Å². The highest BCUT2D eigenvalue weighted by molar-refractivity contribution is 6.10. The van der Waals surface area contributed by atoms with E-state index in [0.717, 1.165) is 31.2 Å². The number of allylic oxidation sites excluding steroid dienone is 1. The molecular formula is C26H25F7N2O5. The minimum Gasteiger partial charge on any atom is -0.491 e. The second-order valence-corrected chi connectivity index (χ2v) is 9.01. The molecule has 0 spiro atoms. The number of ether oxygens (including phenoxy) is 1. The van der Waals surface area contributed by atoms with Crippen molar-refractivity contribution in [1.82, 2.24) is 5.32 Å². The third-order valence-electron chi connectivity index (χ3n) is 5.83. The molecule has 14 heteroatoms. The summed E-state index contributed by atoms with van der Waals surface area (Å²) in [6.07, 6.45) is -8.65. The van der Waals surface area contributed by atoms with Crippen molar-refractivity contribution in [2.75, 3.05) is 31.2 Å². The number of fused-ring (bicyclic) bond motifs is 1. The van der Waals surface area contributed by atoms with Gasteiger partial charge < -0.3 is 25.2 Å². The van der Waals surface area contributed by atoms with Gasteiger partial charge in [-0.3, -0.25) is 9.59 Å². The highest BCUT2D eigenvalue weighted by Gasteiger charge is 2.43. The Hall–Kier alpha value is -3.65. The van der Waals surface area contributed by atoms with E-state index in [1.54, 1.807) is 0 Å². The molecule has 218 valence electrons. The quantitative estimate of drug-likeness (QED) is 0.324. The highest BCUT2D eigenvalue weighted by Crippen LogP contribution is 2.44. The predicted molar refractivity (Wildman–Crippen MR) is 129 cm³/mol. The Labute approximate surface area is 223 Å². The normalized spacial score (nSPS) is 17.6. The summed E-state index contributed by atoms with van der Waals surface area (Å²) in [5, 5.41) is 20.3. The van der Waals surface area contributed by atoms with Crippen molar-refractivity contribution >= 4 is 23.1 Å². The molecule has 1 heterocycles. The van der Waals surface area contributed by atoms with E-state index in [2.05, 4.69) is 5.32 Å². The Balaban J connectivity index is 2.09. The van der Waals surface area contributed by atoms with Gasteiger partial charge in [-0.2, -0.15) is 13.2 Å². The first-order valence-corrected chi connectivity index (χ1v) is 11.9. The predicted octanol–water partition coefficient (Wildman–Crippen LogP) is 4.12. The third-order valence-corrected chi connectivity index (χ3v) is 5.83. The highest BCUT2D eigenvalue weighted by atomic mass is 19.4. The van der Waals surface area contributed by atoms with Gasteiger partial charge in [0.25, 0.3) is 11.8 Å². The number of nitrogens with one attached hydrogen (secondary N) is 1. The molecule has 3 rings (SSSR count). The van der Waals surface area contributed by atoms with Crippen LogP contribution in [0.5, 0.6) is 5.75 Å². The second kappa shape index (κ2) is 12.3. The lowest BCUT2D eigenvalue weighted by atomic mass is 9.96. The Morgan fingerprint density at radius 2 is 1.90 bits per heavy atom. The van der Waals surface area contributed by atoms with Crippen molar-refractivity contribution in [2.24, 2.45) is 0 Å². The maximum Gasteiger partial charge on any atom is 0.417 e. The summed E-state index contributed by atoms with van der Waals surface area (Å²) in [6, 6.07) is 4.63. The van der Waals surface area contributed by atoms with E-state index >= 15 is 8.78 Å². The number of benzene rings is 2. The van der Waals surface area contributed by atoms with E-state index in [4.69, 9.17) is 9.84 Å². The van der Waals surface area contributed by atoms with Crippen LogP contribution < -0.4 is 15.0 Å². The lowest BCUT2D eigenvalue weighted by Gasteiger charge is -2.25. The second-order valence-electron chi connectivity index (χ2n) is 9.01. The first-order valence-electron chi connectivity index (χ1n) is 11.9. The number of alkyl halides is 6. The van der Waals surface area contributed by atoms with Gasteiger partial charge in [0.1, 0.15) is 24.3 Å². The Kier molecular flexibility index (Phi) is 9.46. The van der Waals surface area contributed by atoms with Crippen molar-refractivity contribution in [3.8, 4) is 5.75 Å². The van der Waals surface area contributed by atoms with Crippen molar-refractivity contribution in [1.29, 1.82) is 0 Å². The standard InChI is InChI=1S/C26H25F7N2O5/c1-14(27)13-40-17-3-4-18(21(9-17)26(31,32)33)24(39)35-7-6-25(29,30)20(10-23(38)34-11-16(37)12-36)19-8-15(28)2-5-22(19)35/h2-5,8-10,14,16,36-37H,6-7,11-13H2,1H3,(H,34,38)/t14-,16+/m0/s1. The number of aliphatic hydroxyl groups excluding tert-OH is 2. The van der Waals surface area contributed by atoms with Crippen LogP contribution in [0.25, 0.3) is 5.57 Å². The number of rotatable bonds is 8. The Morgan fingerprint density at radius 1 is 1.20 bits per heavy atom. The van der Waals surface area contributed by atoms with Crippen molar-refractivity contribution < 1.29 is 55.3 Å². The average Bonchev–Trinajstić information content (AvgIpc) is 2.98. The monoisotopic (exact) mass is 578 g/mol. The summed E-state index contributed by atoms with van der Waals surface area (Å²) in [5.41, 5.74) is -4.38. The van der Waals surface area contributed by atoms with Crippen LogP contribution in [0.2, 0.25) is 0 Å². The first-order chi connectivity index (χ1) is 18.6. The fraction of sp³-hybridized carbons (Fsp3) is 0.385. The van der Waals surface area contributed by atoms with Crippen LogP contribution in [-0.2, 0) is 11.0 Å². The molecule has 2 amide bonds. The fourth-order valence-electron chi connectivity index (χ4n) is 3.91. The average molecular weight is 578 g/mol. The van der Waals surface area contributed by atoms with Gasteiger partial charge in [-0.25, -0.2) is 17.6 Å². The van der Waals surface area contributed by atoms with Crippen LogP contribution in [0.1, 0.15) is 34.8 Å². The van der Waals surface area contributed by atoms with Gasteiger partial charge in [-0.1, -0.05) is 0 Å². The van der Waals surface area contributed by atoms with Crippen LogP contribution in [0.15, 0.2) is 42.5 Å². The smallest absolute Gasteiger partial charge is 0.417 e. The number of anilines is 1.